The van der Waals surface area contributed by atoms with E-state index in [2.05, 4.69) is 0 Å². The molecule has 2 aromatic carbocycles. The topological polar surface area (TPSA) is 57.9 Å². The molecule has 4 aromatic rings. The van der Waals surface area contributed by atoms with Gasteiger partial charge in [0.05, 0.1) is 17.6 Å². The van der Waals surface area contributed by atoms with Gasteiger partial charge < -0.3 is 10.3 Å². The predicted octanol–water partition coefficient (Wildman–Crippen LogP) is 4.38. The van der Waals surface area contributed by atoms with E-state index in [4.69, 9.17) is 5.73 Å². The highest BCUT2D eigenvalue weighted by Gasteiger charge is 2.31. The third-order valence-electron chi connectivity index (χ3n) is 5.37. The van der Waals surface area contributed by atoms with E-state index in [9.17, 15) is 22.4 Å². The van der Waals surface area contributed by atoms with Crippen LogP contribution in [0, 0.1) is 5.82 Å². The molecule has 0 unspecified atom stereocenters. The highest BCUT2D eigenvalue weighted by atomic mass is 19.4. The van der Waals surface area contributed by atoms with E-state index in [1.807, 2.05) is 35.8 Å². The number of halogens is 4. The maximum Gasteiger partial charge on any atom is 0.406 e. The van der Waals surface area contributed by atoms with Gasteiger partial charge in [0, 0.05) is 29.7 Å². The summed E-state index contributed by atoms with van der Waals surface area (Å²) in [4.78, 5) is 12.9. The lowest BCUT2D eigenvalue weighted by Crippen LogP contribution is -2.30. The first kappa shape index (κ1) is 21.2. The van der Waals surface area contributed by atoms with Crippen LogP contribution in [0.15, 0.2) is 47.3 Å². The van der Waals surface area contributed by atoms with Gasteiger partial charge in [-0.3, -0.25) is 9.13 Å². The lowest BCUT2D eigenvalue weighted by molar-refractivity contribution is -0.140. The Hall–Kier alpha value is -3.07. The number of nitrogens with zero attached hydrogens (tertiary/aromatic N) is 3. The lowest BCUT2D eigenvalue weighted by Gasteiger charge is -2.11. The molecule has 0 radical (unpaired) electrons. The molecule has 9 heteroatoms. The van der Waals surface area contributed by atoms with E-state index < -0.39 is 24.2 Å². The van der Waals surface area contributed by atoms with Crippen LogP contribution >= 0.6 is 0 Å². The molecule has 0 spiro atoms. The Morgan fingerprint density at radius 2 is 1.68 bits per heavy atom. The van der Waals surface area contributed by atoms with E-state index >= 15 is 0 Å². The highest BCUT2D eigenvalue weighted by Crippen LogP contribution is 2.25. The smallest absolute Gasteiger partial charge is 0.343 e. The largest absolute Gasteiger partial charge is 0.406 e. The second kappa shape index (κ2) is 7.88. The van der Waals surface area contributed by atoms with Crippen LogP contribution in [0.2, 0.25) is 0 Å². The lowest BCUT2D eigenvalue weighted by atomic mass is 10.1. The van der Waals surface area contributed by atoms with Crippen molar-refractivity contribution >= 4 is 21.9 Å². The van der Waals surface area contributed by atoms with Gasteiger partial charge in [-0.25, -0.2) is 9.18 Å². The van der Waals surface area contributed by atoms with Gasteiger partial charge in [-0.05, 0) is 48.4 Å². The van der Waals surface area contributed by atoms with Gasteiger partial charge in [-0.1, -0.05) is 13.0 Å². The first-order valence-electron chi connectivity index (χ1n) is 9.98. The number of hydrogen-bond donors (Lipinski definition) is 1. The number of alkyl halides is 3. The van der Waals surface area contributed by atoms with Crippen molar-refractivity contribution in [3.63, 3.8) is 0 Å². The zero-order chi connectivity index (χ0) is 22.3. The average molecular weight is 434 g/mol. The zero-order valence-electron chi connectivity index (χ0n) is 16.9. The number of nitrogens with two attached hydrogens (primary N) is 1. The van der Waals surface area contributed by atoms with Crippen molar-refractivity contribution in [2.24, 2.45) is 5.73 Å². The third-order valence-corrected chi connectivity index (χ3v) is 5.37. The minimum atomic E-state index is -4.58. The summed E-state index contributed by atoms with van der Waals surface area (Å²) >= 11 is 0. The Balaban J connectivity index is 1.89. The molecule has 2 N–H and O–H groups in total. The van der Waals surface area contributed by atoms with Crippen LogP contribution in [0.25, 0.3) is 21.9 Å². The Morgan fingerprint density at radius 1 is 0.935 bits per heavy atom. The molecule has 164 valence electrons. The normalized spacial score (nSPS) is 12.3. The van der Waals surface area contributed by atoms with E-state index in [0.717, 1.165) is 40.7 Å². The molecule has 0 atom stereocenters. The fraction of sp³-hybridized carbons (Fsp3) is 0.318. The number of aromatic nitrogens is 3. The number of rotatable bonds is 6. The van der Waals surface area contributed by atoms with Crippen molar-refractivity contribution in [3.8, 4) is 0 Å². The van der Waals surface area contributed by atoms with Gasteiger partial charge in [0.15, 0.2) is 0 Å². The van der Waals surface area contributed by atoms with Gasteiger partial charge in [0.1, 0.15) is 12.4 Å². The maximum atomic E-state index is 13.9. The van der Waals surface area contributed by atoms with Crippen molar-refractivity contribution in [3.05, 3.63) is 70.0 Å². The highest BCUT2D eigenvalue weighted by molar-refractivity contribution is 5.82. The summed E-state index contributed by atoms with van der Waals surface area (Å²) in [6.07, 6.45) is -3.75. The summed E-state index contributed by atoms with van der Waals surface area (Å²) in [6.45, 7) is 1.66. The van der Waals surface area contributed by atoms with Gasteiger partial charge in [0.25, 0.3) is 0 Å². The fourth-order valence-corrected chi connectivity index (χ4v) is 4.06. The molecule has 2 heterocycles. The molecule has 2 aromatic heterocycles. The van der Waals surface area contributed by atoms with Crippen LogP contribution in [0.4, 0.5) is 17.6 Å². The third kappa shape index (κ3) is 3.97. The molecule has 0 saturated carbocycles. The minimum absolute atomic E-state index is 0.0241. The molecule has 5 nitrogen and oxygen atoms in total. The molecule has 31 heavy (non-hydrogen) atoms. The molecule has 0 bridgehead atoms. The Kier molecular flexibility index (Phi) is 5.38. The Morgan fingerprint density at radius 3 is 2.35 bits per heavy atom. The van der Waals surface area contributed by atoms with E-state index in [-0.39, 0.29) is 17.6 Å². The molecular weight excluding hydrogens is 412 g/mol. The Bertz CT molecular complexity index is 1310. The van der Waals surface area contributed by atoms with Gasteiger partial charge >= 0.3 is 11.9 Å². The molecule has 0 aliphatic heterocycles. The number of benzene rings is 2. The molecule has 0 aliphatic carbocycles. The van der Waals surface area contributed by atoms with Crippen LogP contribution in [0.1, 0.15) is 24.6 Å². The molecule has 4 rings (SSSR count). The summed E-state index contributed by atoms with van der Waals surface area (Å²) in [5.41, 5.74) is 7.74. The molecule has 0 fully saturated rings. The van der Waals surface area contributed by atoms with Crippen molar-refractivity contribution in [1.29, 1.82) is 0 Å². The van der Waals surface area contributed by atoms with Crippen molar-refractivity contribution < 1.29 is 17.6 Å². The Labute approximate surface area is 175 Å². The predicted molar refractivity (Wildman–Crippen MR) is 111 cm³/mol. The first-order chi connectivity index (χ1) is 14.7. The molecule has 0 aliphatic rings. The number of imidazole rings is 1. The first-order valence-corrected chi connectivity index (χ1v) is 9.98. The summed E-state index contributed by atoms with van der Waals surface area (Å²) in [5, 5.41) is 0.935. The van der Waals surface area contributed by atoms with Gasteiger partial charge in [-0.15, -0.1) is 0 Å². The van der Waals surface area contributed by atoms with E-state index in [1.54, 1.807) is 0 Å². The summed E-state index contributed by atoms with van der Waals surface area (Å²) < 4.78 is 57.1. The quantitative estimate of drug-likeness (QED) is 0.458. The maximum absolute atomic E-state index is 13.9. The molecule has 0 saturated heterocycles. The summed E-state index contributed by atoms with van der Waals surface area (Å²) in [5.74, 6) is -0.618. The van der Waals surface area contributed by atoms with E-state index in [0.29, 0.717) is 17.7 Å². The second-order valence-corrected chi connectivity index (χ2v) is 7.59. The molecular formula is C22H22F4N4O. The van der Waals surface area contributed by atoms with Gasteiger partial charge in [-0.2, -0.15) is 13.2 Å². The number of fused-ring (bicyclic) bond motifs is 2. The van der Waals surface area contributed by atoms with Crippen molar-refractivity contribution in [2.75, 3.05) is 0 Å². The standard InChI is InChI=1S/C22H22F4N4O/c1-2-7-28-17(9-15-8-14(11-27)3-5-18(15)28)12-29-20-10-16(23)4-6-19(20)30(21(29)31)13-22(24,25)26/h3-6,8-10H,2,7,11-13,27H2,1H3. The second-order valence-electron chi connectivity index (χ2n) is 7.59. The van der Waals surface area contributed by atoms with Gasteiger partial charge in [0.2, 0.25) is 0 Å². The number of aryl methyl sites for hydroxylation is 1. The fourth-order valence-electron chi connectivity index (χ4n) is 4.06. The van der Waals surface area contributed by atoms with Crippen LogP contribution in [0.5, 0.6) is 0 Å². The minimum Gasteiger partial charge on any atom is -0.343 e. The summed E-state index contributed by atoms with van der Waals surface area (Å²) in [6, 6.07) is 11.1. The summed E-state index contributed by atoms with van der Waals surface area (Å²) in [7, 11) is 0. The zero-order valence-corrected chi connectivity index (χ0v) is 16.9. The SMILES string of the molecule is CCCn1c(Cn2c(=O)n(CC(F)(F)F)c3ccc(F)cc32)cc2cc(CN)ccc21. The van der Waals surface area contributed by atoms with Crippen molar-refractivity contribution in [2.45, 2.75) is 45.7 Å². The van der Waals surface area contributed by atoms with Crippen LogP contribution < -0.4 is 11.4 Å². The van der Waals surface area contributed by atoms with Crippen molar-refractivity contribution in [1.82, 2.24) is 13.7 Å². The molecule has 0 amide bonds. The van der Waals surface area contributed by atoms with Crippen LogP contribution in [0.3, 0.4) is 0 Å². The van der Waals surface area contributed by atoms with E-state index in [1.165, 1.54) is 10.6 Å². The monoisotopic (exact) mass is 434 g/mol. The number of hydrogen-bond acceptors (Lipinski definition) is 2. The van der Waals surface area contributed by atoms with Crippen LogP contribution in [-0.4, -0.2) is 19.9 Å². The average Bonchev–Trinajstić information content (AvgIpc) is 3.17. The van der Waals surface area contributed by atoms with Crippen LogP contribution in [-0.2, 0) is 26.2 Å².